The fraction of sp³-hybridized carbons (Fsp3) is 0.818. The summed E-state index contributed by atoms with van der Waals surface area (Å²) in [4.78, 5) is 22.6. The highest BCUT2D eigenvalue weighted by molar-refractivity contribution is 7.81. The van der Waals surface area contributed by atoms with Crippen LogP contribution < -0.4 is 5.11 Å². The molecular formula is C11H21NO4S. The highest BCUT2D eigenvalue weighted by atomic mass is 32.1. The lowest BCUT2D eigenvalue weighted by atomic mass is 9.90. The van der Waals surface area contributed by atoms with Gasteiger partial charge in [0.2, 0.25) is 0 Å². The van der Waals surface area contributed by atoms with E-state index in [9.17, 15) is 19.8 Å². The summed E-state index contributed by atoms with van der Waals surface area (Å²) in [5.41, 5.74) is -1.92. The van der Waals surface area contributed by atoms with E-state index in [0.29, 0.717) is 6.42 Å². The van der Waals surface area contributed by atoms with Gasteiger partial charge in [0.05, 0.1) is 26.4 Å². The number of nitrogens with zero attached hydrogens (tertiary/aromatic N) is 1. The first-order valence-electron chi connectivity index (χ1n) is 5.47. The molecule has 5 nitrogen and oxygen atoms in total. The smallest absolute Gasteiger partial charge is 0.183 e. The Bertz CT molecular complexity index is 300. The highest BCUT2D eigenvalue weighted by Crippen LogP contribution is 2.20. The molecular weight excluding hydrogens is 242 g/mol. The molecule has 0 spiro atoms. The van der Waals surface area contributed by atoms with Crippen molar-refractivity contribution in [2.24, 2.45) is 0 Å². The summed E-state index contributed by atoms with van der Waals surface area (Å²) in [6, 6.07) is 0. The van der Waals surface area contributed by atoms with E-state index in [1.54, 1.807) is 28.1 Å². The predicted molar refractivity (Wildman–Crippen MR) is 65.5 cm³/mol. The Hall–Kier alpha value is -0.590. The molecule has 0 radical (unpaired) electrons. The van der Waals surface area contributed by atoms with E-state index in [4.69, 9.17) is 0 Å². The summed E-state index contributed by atoms with van der Waals surface area (Å²) in [5, 5.41) is 20.3. The minimum atomic E-state index is -1.92. The van der Waals surface area contributed by atoms with Crippen molar-refractivity contribution >= 4 is 24.4 Å². The molecule has 0 rings (SSSR count). The molecule has 0 saturated carbocycles. The molecule has 0 aromatic rings. The molecule has 100 valence electrons. The van der Waals surface area contributed by atoms with Gasteiger partial charge in [0, 0.05) is 12.4 Å². The van der Waals surface area contributed by atoms with Gasteiger partial charge in [-0.05, 0) is 6.42 Å². The van der Waals surface area contributed by atoms with Crippen LogP contribution in [0.2, 0.25) is 0 Å². The van der Waals surface area contributed by atoms with Gasteiger partial charge in [0.1, 0.15) is 6.54 Å². The number of carboxylic acids is 1. The van der Waals surface area contributed by atoms with Crippen LogP contribution in [0.1, 0.15) is 19.8 Å². The van der Waals surface area contributed by atoms with Crippen LogP contribution in [0.4, 0.5) is 0 Å². The van der Waals surface area contributed by atoms with Gasteiger partial charge < -0.3 is 19.5 Å². The molecule has 0 saturated heterocycles. The quantitative estimate of drug-likeness (QED) is 0.449. The average molecular weight is 263 g/mol. The van der Waals surface area contributed by atoms with Gasteiger partial charge in [-0.3, -0.25) is 4.79 Å². The van der Waals surface area contributed by atoms with E-state index in [-0.39, 0.29) is 11.0 Å². The SMILES string of the molecule is CCC(S)C(=O)C(O)(CC(=O)[O-])C[N+](C)(C)C. The zero-order valence-corrected chi connectivity index (χ0v) is 11.7. The van der Waals surface area contributed by atoms with Crippen LogP contribution in [-0.4, -0.2) is 59.9 Å². The second kappa shape index (κ2) is 5.84. The normalized spacial score (nSPS) is 17.3. The predicted octanol–water partition coefficient (Wildman–Crippen LogP) is -1.16. The summed E-state index contributed by atoms with van der Waals surface area (Å²) in [6.45, 7) is 1.76. The number of quaternary nitrogens is 1. The van der Waals surface area contributed by atoms with Gasteiger partial charge in [0.15, 0.2) is 11.4 Å². The Morgan fingerprint density at radius 3 is 2.18 bits per heavy atom. The number of aliphatic carboxylic acids is 1. The van der Waals surface area contributed by atoms with Crippen LogP contribution in [-0.2, 0) is 9.59 Å². The minimum Gasteiger partial charge on any atom is -0.550 e. The molecule has 0 aliphatic carbocycles. The van der Waals surface area contributed by atoms with Crippen LogP contribution in [0.5, 0.6) is 0 Å². The summed E-state index contributed by atoms with van der Waals surface area (Å²) in [5.74, 6) is -1.99. The van der Waals surface area contributed by atoms with Gasteiger partial charge in [0.25, 0.3) is 0 Å². The van der Waals surface area contributed by atoms with Crippen molar-refractivity contribution in [2.75, 3.05) is 27.7 Å². The molecule has 0 aromatic heterocycles. The number of Topliss-reactive ketones (excluding diaryl/α,β-unsaturated/α-hetero) is 1. The van der Waals surface area contributed by atoms with Crippen LogP contribution in [0.15, 0.2) is 0 Å². The third-order valence-electron chi connectivity index (χ3n) is 2.32. The van der Waals surface area contributed by atoms with Gasteiger partial charge in [-0.15, -0.1) is 0 Å². The molecule has 0 aliphatic rings. The highest BCUT2D eigenvalue weighted by Gasteiger charge is 2.43. The zero-order valence-electron chi connectivity index (χ0n) is 10.8. The second-order valence-corrected chi connectivity index (χ2v) is 5.94. The average Bonchev–Trinajstić information content (AvgIpc) is 2.10. The Kier molecular flexibility index (Phi) is 5.64. The molecule has 2 unspecified atom stereocenters. The number of carboxylic acid groups (broad SMARTS) is 1. The van der Waals surface area contributed by atoms with E-state index in [2.05, 4.69) is 12.6 Å². The first-order valence-corrected chi connectivity index (χ1v) is 5.98. The fourth-order valence-electron chi connectivity index (χ4n) is 1.74. The molecule has 6 heteroatoms. The number of hydrogen-bond donors (Lipinski definition) is 2. The van der Waals surface area contributed by atoms with Crippen LogP contribution in [0.3, 0.4) is 0 Å². The van der Waals surface area contributed by atoms with Gasteiger partial charge in [-0.2, -0.15) is 12.6 Å². The van der Waals surface area contributed by atoms with Gasteiger partial charge in [-0.1, -0.05) is 6.92 Å². The standard InChI is InChI=1S/C11H21NO4S/c1-5-8(17)10(15)11(16,6-9(13)14)7-12(2,3)4/h8,16H,5-7H2,1-4H3,(H-,13,14,17). The maximum Gasteiger partial charge on any atom is 0.183 e. The summed E-state index contributed by atoms with van der Waals surface area (Å²) in [6.07, 6.45) is -0.257. The molecule has 0 heterocycles. The van der Waals surface area contributed by atoms with Crippen molar-refractivity contribution in [3.8, 4) is 0 Å². The van der Waals surface area contributed by atoms with Crippen LogP contribution in [0.25, 0.3) is 0 Å². The van der Waals surface area contributed by atoms with E-state index in [1.807, 2.05) is 0 Å². The van der Waals surface area contributed by atoms with Crippen LogP contribution in [0, 0.1) is 0 Å². The lowest BCUT2D eigenvalue weighted by Gasteiger charge is -2.35. The second-order valence-electron chi connectivity index (χ2n) is 5.32. The van der Waals surface area contributed by atoms with Crippen molar-refractivity contribution in [1.82, 2.24) is 0 Å². The number of likely N-dealkylation sites (N-methyl/N-ethyl adjacent to an activating group) is 1. The maximum absolute atomic E-state index is 12.0. The van der Waals surface area contributed by atoms with E-state index in [1.165, 1.54) is 0 Å². The first-order chi connectivity index (χ1) is 7.52. The largest absolute Gasteiger partial charge is 0.550 e. The molecule has 1 N–H and O–H groups in total. The lowest BCUT2D eigenvalue weighted by molar-refractivity contribution is -0.875. The summed E-state index contributed by atoms with van der Waals surface area (Å²) < 4.78 is 0.278. The Labute approximate surface area is 107 Å². The molecule has 0 aromatic carbocycles. The first kappa shape index (κ1) is 16.4. The zero-order chi connectivity index (χ0) is 13.9. The third kappa shape index (κ3) is 5.52. The fourth-order valence-corrected chi connectivity index (χ4v) is 1.98. The summed E-state index contributed by atoms with van der Waals surface area (Å²) >= 11 is 4.06. The van der Waals surface area contributed by atoms with E-state index < -0.39 is 29.0 Å². The van der Waals surface area contributed by atoms with Crippen molar-refractivity contribution in [3.63, 3.8) is 0 Å². The number of rotatable bonds is 7. The number of hydrogen-bond acceptors (Lipinski definition) is 5. The molecule has 17 heavy (non-hydrogen) atoms. The molecule has 0 aliphatic heterocycles. The van der Waals surface area contributed by atoms with Gasteiger partial charge >= 0.3 is 0 Å². The van der Waals surface area contributed by atoms with E-state index in [0.717, 1.165) is 0 Å². The van der Waals surface area contributed by atoms with Crippen LogP contribution >= 0.6 is 12.6 Å². The van der Waals surface area contributed by atoms with Crippen molar-refractivity contribution < 1.29 is 24.3 Å². The Morgan fingerprint density at radius 1 is 1.41 bits per heavy atom. The number of thiol groups is 1. The van der Waals surface area contributed by atoms with Gasteiger partial charge in [-0.25, -0.2) is 0 Å². The third-order valence-corrected chi connectivity index (χ3v) is 2.92. The topological polar surface area (TPSA) is 77.4 Å². The number of aliphatic hydroxyl groups is 1. The van der Waals surface area contributed by atoms with Crippen molar-refractivity contribution in [1.29, 1.82) is 0 Å². The number of ketones is 1. The molecule has 0 amide bonds. The number of carbonyl (C=O) groups is 2. The van der Waals surface area contributed by atoms with Crippen molar-refractivity contribution in [2.45, 2.75) is 30.6 Å². The lowest BCUT2D eigenvalue weighted by Crippen LogP contribution is -2.57. The number of carbonyl (C=O) groups excluding carboxylic acids is 2. The van der Waals surface area contributed by atoms with Crippen molar-refractivity contribution in [3.05, 3.63) is 0 Å². The van der Waals surface area contributed by atoms with E-state index >= 15 is 0 Å². The Morgan fingerprint density at radius 2 is 1.88 bits per heavy atom. The monoisotopic (exact) mass is 263 g/mol. The molecule has 0 fully saturated rings. The summed E-state index contributed by atoms with van der Waals surface area (Å²) in [7, 11) is 5.31. The molecule has 0 bridgehead atoms. The maximum atomic E-state index is 12.0. The Balaban J connectivity index is 5.09. The minimum absolute atomic E-state index is 0.0108. The molecule has 2 atom stereocenters.